The lowest BCUT2D eigenvalue weighted by Gasteiger charge is -2.23. The van der Waals surface area contributed by atoms with Gasteiger partial charge in [0.05, 0.1) is 11.7 Å². The van der Waals surface area contributed by atoms with E-state index in [9.17, 15) is 4.79 Å². The number of fused-ring (bicyclic) bond motifs is 1. The highest BCUT2D eigenvalue weighted by Crippen LogP contribution is 2.31. The van der Waals surface area contributed by atoms with Crippen LogP contribution in [0.25, 0.3) is 11.1 Å². The molecular weight excluding hydrogens is 304 g/mol. The Kier molecular flexibility index (Phi) is 3.98. The average Bonchev–Trinajstić information content (AvgIpc) is 3.27. The van der Waals surface area contributed by atoms with E-state index in [1.807, 2.05) is 42.2 Å². The van der Waals surface area contributed by atoms with Crippen LogP contribution in [0.15, 0.2) is 45.9 Å². The second kappa shape index (κ2) is 6.28. The van der Waals surface area contributed by atoms with Gasteiger partial charge in [0.1, 0.15) is 0 Å². The molecule has 1 aliphatic heterocycles. The van der Waals surface area contributed by atoms with E-state index in [-0.39, 0.29) is 5.76 Å². The Labute approximate surface area is 140 Å². The van der Waals surface area contributed by atoms with Gasteiger partial charge in [-0.25, -0.2) is 4.79 Å². The molecule has 1 fully saturated rings. The minimum Gasteiger partial charge on any atom is -0.408 e. The summed E-state index contributed by atoms with van der Waals surface area (Å²) in [6.07, 6.45) is 7.41. The van der Waals surface area contributed by atoms with Crippen LogP contribution in [0, 0.1) is 0 Å². The number of likely N-dealkylation sites (tertiary alicyclic amines) is 1. The van der Waals surface area contributed by atoms with Gasteiger partial charge in [-0.05, 0) is 37.9 Å². The van der Waals surface area contributed by atoms with E-state index in [2.05, 4.69) is 16.2 Å². The van der Waals surface area contributed by atoms with Gasteiger partial charge in [-0.1, -0.05) is 12.1 Å². The molecule has 6 heteroatoms. The van der Waals surface area contributed by atoms with Crippen LogP contribution in [0.1, 0.15) is 30.9 Å². The summed E-state index contributed by atoms with van der Waals surface area (Å²) >= 11 is 0. The molecule has 0 aliphatic carbocycles. The second-order valence-electron chi connectivity index (χ2n) is 6.48. The van der Waals surface area contributed by atoms with Gasteiger partial charge in [-0.15, -0.1) is 0 Å². The fraction of sp³-hybridized carbons (Fsp3) is 0.444. The van der Waals surface area contributed by atoms with E-state index < -0.39 is 0 Å². The molecule has 126 valence electrons. The largest absolute Gasteiger partial charge is 0.419 e. The molecule has 2 aromatic heterocycles. The molecule has 0 bridgehead atoms. The van der Waals surface area contributed by atoms with Crippen molar-refractivity contribution in [2.24, 2.45) is 7.05 Å². The highest BCUT2D eigenvalue weighted by Gasteiger charge is 2.26. The lowest BCUT2D eigenvalue weighted by Crippen LogP contribution is -2.26. The van der Waals surface area contributed by atoms with Gasteiger partial charge in [-0.3, -0.25) is 14.1 Å². The van der Waals surface area contributed by atoms with Crippen LogP contribution in [0.3, 0.4) is 0 Å². The molecular formula is C18H22N4O2. The average molecular weight is 326 g/mol. The molecule has 0 unspecified atom stereocenters. The van der Waals surface area contributed by atoms with Gasteiger partial charge in [0, 0.05) is 37.9 Å². The number of para-hydroxylation sites is 2. The predicted octanol–water partition coefficient (Wildman–Crippen LogP) is 2.56. The Morgan fingerprint density at radius 2 is 2.17 bits per heavy atom. The van der Waals surface area contributed by atoms with Crippen LogP contribution < -0.4 is 5.76 Å². The first kappa shape index (κ1) is 15.2. The zero-order chi connectivity index (χ0) is 16.5. The normalized spacial score (nSPS) is 18.6. The van der Waals surface area contributed by atoms with Crippen LogP contribution in [0.4, 0.5) is 0 Å². The molecule has 0 radical (unpaired) electrons. The zero-order valence-corrected chi connectivity index (χ0v) is 13.9. The summed E-state index contributed by atoms with van der Waals surface area (Å²) in [6.45, 7) is 2.78. The first-order valence-corrected chi connectivity index (χ1v) is 8.53. The van der Waals surface area contributed by atoms with Gasteiger partial charge in [0.15, 0.2) is 5.58 Å². The quantitative estimate of drug-likeness (QED) is 0.723. The molecule has 0 amide bonds. The fourth-order valence-corrected chi connectivity index (χ4v) is 3.74. The van der Waals surface area contributed by atoms with Crippen molar-refractivity contribution in [3.63, 3.8) is 0 Å². The minimum atomic E-state index is -0.263. The Hall–Kier alpha value is -2.34. The number of oxazole rings is 1. The molecule has 1 atom stereocenters. The van der Waals surface area contributed by atoms with E-state index in [0.717, 1.165) is 25.0 Å². The second-order valence-corrected chi connectivity index (χ2v) is 6.48. The third-order valence-electron chi connectivity index (χ3n) is 4.87. The van der Waals surface area contributed by atoms with Crippen molar-refractivity contribution >= 4 is 11.1 Å². The van der Waals surface area contributed by atoms with E-state index in [0.29, 0.717) is 18.2 Å². The number of benzene rings is 1. The summed E-state index contributed by atoms with van der Waals surface area (Å²) in [5.41, 5.74) is 2.84. The molecule has 4 rings (SSSR count). The van der Waals surface area contributed by atoms with Crippen LogP contribution in [0.2, 0.25) is 0 Å². The third kappa shape index (κ3) is 2.78. The van der Waals surface area contributed by atoms with Gasteiger partial charge >= 0.3 is 5.76 Å². The Morgan fingerprint density at radius 3 is 3.00 bits per heavy atom. The van der Waals surface area contributed by atoms with E-state index in [1.165, 1.54) is 18.4 Å². The molecule has 24 heavy (non-hydrogen) atoms. The van der Waals surface area contributed by atoms with Crippen molar-refractivity contribution in [3.05, 3.63) is 52.8 Å². The standard InChI is InChI=1S/C18H22N4O2/c1-20-13-14(12-19-20)15-7-4-9-21(15)10-5-11-22-16-6-2-3-8-17(16)24-18(22)23/h2-3,6,8,12-13,15H,4-5,7,9-11H2,1H3/t15-/m1/s1. The van der Waals surface area contributed by atoms with E-state index in [1.54, 1.807) is 4.57 Å². The van der Waals surface area contributed by atoms with Crippen molar-refractivity contribution in [2.75, 3.05) is 13.1 Å². The van der Waals surface area contributed by atoms with Gasteiger partial charge in [0.2, 0.25) is 0 Å². The Bertz CT molecular complexity index is 892. The molecule has 0 N–H and O–H groups in total. The molecule has 6 nitrogen and oxygen atoms in total. The molecule has 3 aromatic rings. The lowest BCUT2D eigenvalue weighted by molar-refractivity contribution is 0.248. The summed E-state index contributed by atoms with van der Waals surface area (Å²) in [7, 11) is 1.96. The monoisotopic (exact) mass is 326 g/mol. The summed E-state index contributed by atoms with van der Waals surface area (Å²) in [5, 5.41) is 4.29. The SMILES string of the molecule is Cn1cc([C@H]2CCCN2CCCn2c(=O)oc3ccccc32)cn1. The summed E-state index contributed by atoms with van der Waals surface area (Å²) in [5.74, 6) is -0.263. The smallest absolute Gasteiger partial charge is 0.408 e. The molecule has 0 spiro atoms. The summed E-state index contributed by atoms with van der Waals surface area (Å²) in [4.78, 5) is 14.5. The Morgan fingerprint density at radius 1 is 1.29 bits per heavy atom. The van der Waals surface area contributed by atoms with Crippen LogP contribution in [-0.4, -0.2) is 32.3 Å². The van der Waals surface area contributed by atoms with E-state index >= 15 is 0 Å². The maximum atomic E-state index is 12.0. The van der Waals surface area contributed by atoms with Gasteiger partial charge in [0.25, 0.3) is 0 Å². The van der Waals surface area contributed by atoms with Crippen molar-refractivity contribution in [1.29, 1.82) is 0 Å². The summed E-state index contributed by atoms with van der Waals surface area (Å²) < 4.78 is 8.90. The molecule has 3 heterocycles. The predicted molar refractivity (Wildman–Crippen MR) is 91.8 cm³/mol. The highest BCUT2D eigenvalue weighted by atomic mass is 16.4. The van der Waals surface area contributed by atoms with Gasteiger partial charge < -0.3 is 4.42 Å². The van der Waals surface area contributed by atoms with Crippen molar-refractivity contribution in [2.45, 2.75) is 31.8 Å². The third-order valence-corrected chi connectivity index (χ3v) is 4.87. The molecule has 1 aromatic carbocycles. The molecule has 0 saturated carbocycles. The summed E-state index contributed by atoms with van der Waals surface area (Å²) in [6, 6.07) is 8.06. The van der Waals surface area contributed by atoms with Crippen molar-refractivity contribution in [3.8, 4) is 0 Å². The lowest BCUT2D eigenvalue weighted by atomic mass is 10.1. The molecule has 1 aliphatic rings. The van der Waals surface area contributed by atoms with Gasteiger partial charge in [-0.2, -0.15) is 5.10 Å². The number of aromatic nitrogens is 3. The first-order chi connectivity index (χ1) is 11.7. The minimum absolute atomic E-state index is 0.263. The number of nitrogens with zero attached hydrogens (tertiary/aromatic N) is 4. The highest BCUT2D eigenvalue weighted by molar-refractivity contribution is 5.72. The maximum absolute atomic E-state index is 12.0. The van der Waals surface area contributed by atoms with Crippen molar-refractivity contribution < 1.29 is 4.42 Å². The maximum Gasteiger partial charge on any atom is 0.419 e. The number of aryl methyl sites for hydroxylation is 2. The number of hydrogen-bond acceptors (Lipinski definition) is 4. The fourth-order valence-electron chi connectivity index (χ4n) is 3.74. The molecule has 1 saturated heterocycles. The zero-order valence-electron chi connectivity index (χ0n) is 13.9. The number of hydrogen-bond donors (Lipinski definition) is 0. The van der Waals surface area contributed by atoms with Crippen LogP contribution >= 0.6 is 0 Å². The van der Waals surface area contributed by atoms with E-state index in [4.69, 9.17) is 4.42 Å². The topological polar surface area (TPSA) is 56.2 Å². The first-order valence-electron chi connectivity index (χ1n) is 8.53. The number of rotatable bonds is 5. The van der Waals surface area contributed by atoms with Crippen molar-refractivity contribution in [1.82, 2.24) is 19.2 Å². The Balaban J connectivity index is 1.43. The van der Waals surface area contributed by atoms with Crippen LogP contribution in [0.5, 0.6) is 0 Å². The van der Waals surface area contributed by atoms with Crippen LogP contribution in [-0.2, 0) is 13.6 Å².